The van der Waals surface area contributed by atoms with Crippen LogP contribution >= 0.6 is 0 Å². The standard InChI is InChI=1S/C11H13F4NO/c1-6-3-8(5-9(12)4-6)10(17,7(2)16)11(13,14)15/h3-5,7,17H,16H2,1-2H3. The van der Waals surface area contributed by atoms with Gasteiger partial charge in [0.05, 0.1) is 0 Å². The molecule has 0 amide bonds. The van der Waals surface area contributed by atoms with E-state index in [0.717, 1.165) is 19.1 Å². The van der Waals surface area contributed by atoms with Gasteiger partial charge in [0.2, 0.25) is 5.60 Å². The molecule has 1 aromatic rings. The van der Waals surface area contributed by atoms with Crippen LogP contribution in [0.1, 0.15) is 18.1 Å². The molecule has 0 fully saturated rings. The van der Waals surface area contributed by atoms with Crippen molar-refractivity contribution < 1.29 is 22.7 Å². The van der Waals surface area contributed by atoms with Crippen molar-refractivity contribution in [3.8, 4) is 0 Å². The molecule has 1 aromatic carbocycles. The number of aliphatic hydroxyl groups is 1. The number of benzene rings is 1. The normalized spacial score (nSPS) is 17.6. The summed E-state index contributed by atoms with van der Waals surface area (Å²) in [4.78, 5) is 0. The van der Waals surface area contributed by atoms with Gasteiger partial charge in [0.1, 0.15) is 5.82 Å². The molecule has 0 saturated heterocycles. The van der Waals surface area contributed by atoms with Crippen molar-refractivity contribution in [2.24, 2.45) is 5.73 Å². The van der Waals surface area contributed by atoms with E-state index in [2.05, 4.69) is 0 Å². The van der Waals surface area contributed by atoms with Gasteiger partial charge in [-0.3, -0.25) is 0 Å². The highest BCUT2D eigenvalue weighted by Gasteiger charge is 2.57. The molecule has 0 aromatic heterocycles. The van der Waals surface area contributed by atoms with E-state index >= 15 is 0 Å². The minimum absolute atomic E-state index is 0.281. The summed E-state index contributed by atoms with van der Waals surface area (Å²) in [5.74, 6) is -0.844. The number of aryl methyl sites for hydroxylation is 1. The summed E-state index contributed by atoms with van der Waals surface area (Å²) in [6.45, 7) is 2.46. The maximum atomic E-state index is 13.1. The number of rotatable bonds is 2. The molecule has 2 unspecified atom stereocenters. The van der Waals surface area contributed by atoms with Crippen LogP contribution in [0.5, 0.6) is 0 Å². The molecule has 2 nitrogen and oxygen atoms in total. The van der Waals surface area contributed by atoms with E-state index in [1.54, 1.807) is 0 Å². The Balaban J connectivity index is 3.43. The van der Waals surface area contributed by atoms with Gasteiger partial charge >= 0.3 is 6.18 Å². The first-order chi connectivity index (χ1) is 7.59. The van der Waals surface area contributed by atoms with Gasteiger partial charge in [0.15, 0.2) is 0 Å². The fraction of sp³-hybridized carbons (Fsp3) is 0.455. The van der Waals surface area contributed by atoms with Crippen molar-refractivity contribution in [1.29, 1.82) is 0 Å². The number of alkyl halides is 3. The van der Waals surface area contributed by atoms with Gasteiger partial charge in [-0.25, -0.2) is 4.39 Å². The lowest BCUT2D eigenvalue weighted by Gasteiger charge is -2.34. The minimum atomic E-state index is -4.97. The second kappa shape index (κ2) is 4.27. The lowest BCUT2D eigenvalue weighted by molar-refractivity contribution is -0.272. The molecule has 0 heterocycles. The third kappa shape index (κ3) is 2.42. The zero-order chi connectivity index (χ0) is 13.4. The van der Waals surface area contributed by atoms with Crippen LogP contribution < -0.4 is 5.73 Å². The summed E-state index contributed by atoms with van der Waals surface area (Å²) in [6.07, 6.45) is -4.97. The molecule has 0 radical (unpaired) electrons. The van der Waals surface area contributed by atoms with Crippen molar-refractivity contribution >= 4 is 0 Å². The summed E-state index contributed by atoms with van der Waals surface area (Å²) in [5, 5.41) is 9.73. The van der Waals surface area contributed by atoms with Crippen molar-refractivity contribution in [3.63, 3.8) is 0 Å². The van der Waals surface area contributed by atoms with E-state index in [9.17, 15) is 22.7 Å². The summed E-state index contributed by atoms with van der Waals surface area (Å²) in [6, 6.07) is 1.18. The first-order valence-electron chi connectivity index (χ1n) is 4.91. The molecule has 96 valence electrons. The van der Waals surface area contributed by atoms with Crippen LogP contribution in [0.25, 0.3) is 0 Å². The molecule has 0 spiro atoms. The lowest BCUT2D eigenvalue weighted by atomic mass is 9.86. The van der Waals surface area contributed by atoms with Gasteiger partial charge in [-0.1, -0.05) is 6.07 Å². The minimum Gasteiger partial charge on any atom is -0.375 e. The predicted molar refractivity (Wildman–Crippen MR) is 54.7 cm³/mol. The van der Waals surface area contributed by atoms with Gasteiger partial charge in [0, 0.05) is 6.04 Å². The Bertz CT molecular complexity index is 396. The molecule has 3 N–H and O–H groups in total. The highest BCUT2D eigenvalue weighted by Crippen LogP contribution is 2.41. The number of hydrogen-bond acceptors (Lipinski definition) is 2. The van der Waals surface area contributed by atoms with Crippen LogP contribution in [0, 0.1) is 12.7 Å². The first kappa shape index (κ1) is 13.9. The van der Waals surface area contributed by atoms with E-state index in [1.165, 1.54) is 6.92 Å². The van der Waals surface area contributed by atoms with Crippen molar-refractivity contribution in [2.75, 3.05) is 0 Å². The van der Waals surface area contributed by atoms with Gasteiger partial charge in [-0.15, -0.1) is 0 Å². The second-order valence-corrected chi connectivity index (χ2v) is 4.07. The predicted octanol–water partition coefficient (Wildman–Crippen LogP) is 2.23. The summed E-state index contributed by atoms with van der Waals surface area (Å²) in [5.41, 5.74) is 1.64. The van der Waals surface area contributed by atoms with Gasteiger partial charge < -0.3 is 10.8 Å². The smallest absolute Gasteiger partial charge is 0.375 e. The average Bonchev–Trinajstić information content (AvgIpc) is 2.12. The van der Waals surface area contributed by atoms with E-state index in [4.69, 9.17) is 5.73 Å². The zero-order valence-corrected chi connectivity index (χ0v) is 9.35. The molecule has 0 bridgehead atoms. The largest absolute Gasteiger partial charge is 0.422 e. The number of nitrogens with two attached hydrogens (primary N) is 1. The van der Waals surface area contributed by atoms with Gasteiger partial charge in [-0.2, -0.15) is 13.2 Å². The van der Waals surface area contributed by atoms with Crippen molar-refractivity contribution in [2.45, 2.75) is 31.7 Å². The van der Waals surface area contributed by atoms with Crippen LogP contribution in [-0.2, 0) is 5.60 Å². The van der Waals surface area contributed by atoms with E-state index in [0.29, 0.717) is 6.07 Å². The monoisotopic (exact) mass is 251 g/mol. The third-order valence-corrected chi connectivity index (χ3v) is 2.57. The maximum absolute atomic E-state index is 13.1. The SMILES string of the molecule is Cc1cc(F)cc(C(O)(C(C)N)C(F)(F)F)c1. The quantitative estimate of drug-likeness (QED) is 0.792. The second-order valence-electron chi connectivity index (χ2n) is 4.07. The highest BCUT2D eigenvalue weighted by molar-refractivity contribution is 5.31. The maximum Gasteiger partial charge on any atom is 0.422 e. The molecule has 0 aliphatic rings. The topological polar surface area (TPSA) is 46.2 Å². The number of hydrogen-bond donors (Lipinski definition) is 2. The van der Waals surface area contributed by atoms with Crippen LogP contribution in [0.15, 0.2) is 18.2 Å². The van der Waals surface area contributed by atoms with Crippen LogP contribution in [0.4, 0.5) is 17.6 Å². The Hall–Kier alpha value is -1.14. The van der Waals surface area contributed by atoms with Gasteiger partial charge in [-0.05, 0) is 37.1 Å². The first-order valence-corrected chi connectivity index (χ1v) is 4.91. The molecule has 17 heavy (non-hydrogen) atoms. The Morgan fingerprint density at radius 3 is 2.12 bits per heavy atom. The molecule has 6 heteroatoms. The molecular formula is C11H13F4NO. The molecule has 1 rings (SSSR count). The Morgan fingerprint density at radius 2 is 1.76 bits per heavy atom. The fourth-order valence-electron chi connectivity index (χ4n) is 1.64. The average molecular weight is 251 g/mol. The van der Waals surface area contributed by atoms with Crippen LogP contribution in [0.2, 0.25) is 0 Å². The molecule has 2 atom stereocenters. The molecule has 0 aliphatic carbocycles. The van der Waals surface area contributed by atoms with Crippen LogP contribution in [0.3, 0.4) is 0 Å². The Labute approximate surface area is 96.1 Å². The summed E-state index contributed by atoms with van der Waals surface area (Å²) in [7, 11) is 0. The number of halogens is 4. The Kier molecular flexibility index (Phi) is 3.50. The van der Waals surface area contributed by atoms with Crippen molar-refractivity contribution in [1.82, 2.24) is 0 Å². The third-order valence-electron chi connectivity index (χ3n) is 2.57. The van der Waals surface area contributed by atoms with E-state index < -0.39 is 29.2 Å². The van der Waals surface area contributed by atoms with Crippen molar-refractivity contribution in [3.05, 3.63) is 35.1 Å². The molecule has 0 saturated carbocycles. The van der Waals surface area contributed by atoms with Gasteiger partial charge in [0.25, 0.3) is 0 Å². The Morgan fingerprint density at radius 1 is 1.24 bits per heavy atom. The summed E-state index contributed by atoms with van der Waals surface area (Å²) < 4.78 is 51.6. The fourth-order valence-corrected chi connectivity index (χ4v) is 1.64. The zero-order valence-electron chi connectivity index (χ0n) is 9.35. The van der Waals surface area contributed by atoms with Crippen LogP contribution in [-0.4, -0.2) is 17.3 Å². The van der Waals surface area contributed by atoms with E-state index in [1.807, 2.05) is 0 Å². The highest BCUT2D eigenvalue weighted by atomic mass is 19.4. The van der Waals surface area contributed by atoms with E-state index in [-0.39, 0.29) is 5.56 Å². The molecular weight excluding hydrogens is 238 g/mol. The summed E-state index contributed by atoms with van der Waals surface area (Å²) >= 11 is 0. The molecule has 0 aliphatic heterocycles. The lowest BCUT2D eigenvalue weighted by Crippen LogP contribution is -2.54.